The van der Waals surface area contributed by atoms with Gasteiger partial charge in [0.25, 0.3) is 0 Å². The van der Waals surface area contributed by atoms with Gasteiger partial charge in [-0.2, -0.15) is 11.3 Å². The van der Waals surface area contributed by atoms with E-state index >= 15 is 0 Å². The molecule has 2 heterocycles. The number of nitrogen functional groups attached to an aromatic ring is 1. The zero-order valence-electron chi connectivity index (χ0n) is 8.68. The van der Waals surface area contributed by atoms with Crippen molar-refractivity contribution in [2.24, 2.45) is 0 Å². The molecule has 0 spiro atoms. The molecule has 15 heavy (non-hydrogen) atoms. The van der Waals surface area contributed by atoms with Crippen LogP contribution in [0.15, 0.2) is 35.2 Å². The zero-order valence-corrected chi connectivity index (χ0v) is 9.50. The lowest BCUT2D eigenvalue weighted by atomic mass is 9.95. The van der Waals surface area contributed by atoms with Crippen LogP contribution in [0.25, 0.3) is 0 Å². The van der Waals surface area contributed by atoms with Crippen molar-refractivity contribution in [3.8, 4) is 0 Å². The Labute approximate surface area is 93.8 Å². The molecule has 0 radical (unpaired) electrons. The van der Waals surface area contributed by atoms with Gasteiger partial charge in [0.05, 0.1) is 0 Å². The van der Waals surface area contributed by atoms with E-state index in [4.69, 9.17) is 5.73 Å². The first-order valence-electron chi connectivity index (χ1n) is 4.99. The number of rotatable bonds is 3. The molecule has 3 heteroatoms. The molecule has 0 amide bonds. The van der Waals surface area contributed by atoms with Crippen LogP contribution in [-0.2, 0) is 6.42 Å². The molecule has 0 unspecified atom stereocenters. The van der Waals surface area contributed by atoms with Crippen LogP contribution in [0.1, 0.15) is 24.0 Å². The van der Waals surface area contributed by atoms with E-state index in [0.717, 1.165) is 12.0 Å². The second-order valence-corrected chi connectivity index (χ2v) is 4.49. The fourth-order valence-electron chi connectivity index (χ4n) is 1.72. The Hall–Kier alpha value is -1.35. The Bertz CT molecular complexity index is 423. The molecular weight excluding hydrogens is 204 g/mol. The summed E-state index contributed by atoms with van der Waals surface area (Å²) in [6, 6.07) is 6.16. The third kappa shape index (κ3) is 2.36. The lowest BCUT2D eigenvalue weighted by Crippen LogP contribution is -2.03. The maximum atomic E-state index is 5.84. The Kier molecular flexibility index (Phi) is 3.02. The van der Waals surface area contributed by atoms with Crippen molar-refractivity contribution in [3.63, 3.8) is 0 Å². The smallest absolute Gasteiger partial charge is 0.126 e. The van der Waals surface area contributed by atoms with Crippen molar-refractivity contribution >= 4 is 17.2 Å². The summed E-state index contributed by atoms with van der Waals surface area (Å²) in [6.45, 7) is 2.19. The summed E-state index contributed by atoms with van der Waals surface area (Å²) >= 11 is 1.73. The molecule has 78 valence electrons. The van der Waals surface area contributed by atoms with Gasteiger partial charge in [-0.1, -0.05) is 13.0 Å². The number of hydrogen-bond donors (Lipinski definition) is 1. The topological polar surface area (TPSA) is 38.9 Å². The van der Waals surface area contributed by atoms with Crippen LogP contribution in [0.4, 0.5) is 5.82 Å². The fourth-order valence-corrected chi connectivity index (χ4v) is 2.40. The first kappa shape index (κ1) is 10.2. The number of nitrogens with zero attached hydrogens (tertiary/aromatic N) is 1. The molecule has 0 saturated carbocycles. The second-order valence-electron chi connectivity index (χ2n) is 3.71. The van der Waals surface area contributed by atoms with Crippen molar-refractivity contribution < 1.29 is 0 Å². The Morgan fingerprint density at radius 1 is 1.47 bits per heavy atom. The molecule has 2 nitrogen and oxygen atoms in total. The van der Waals surface area contributed by atoms with Crippen molar-refractivity contribution in [2.45, 2.75) is 19.3 Å². The van der Waals surface area contributed by atoms with Gasteiger partial charge >= 0.3 is 0 Å². The van der Waals surface area contributed by atoms with Gasteiger partial charge in [0.1, 0.15) is 5.82 Å². The van der Waals surface area contributed by atoms with Gasteiger partial charge in [0.2, 0.25) is 0 Å². The van der Waals surface area contributed by atoms with E-state index in [9.17, 15) is 0 Å². The summed E-state index contributed by atoms with van der Waals surface area (Å²) in [5.74, 6) is 1.08. The largest absolute Gasteiger partial charge is 0.383 e. The number of thiophene rings is 1. The van der Waals surface area contributed by atoms with Crippen LogP contribution < -0.4 is 5.73 Å². The molecule has 0 bridgehead atoms. The van der Waals surface area contributed by atoms with Crippen LogP contribution in [-0.4, -0.2) is 4.98 Å². The van der Waals surface area contributed by atoms with Crippen molar-refractivity contribution in [1.82, 2.24) is 4.98 Å². The third-order valence-electron chi connectivity index (χ3n) is 2.52. The quantitative estimate of drug-likeness (QED) is 0.860. The van der Waals surface area contributed by atoms with Crippen LogP contribution in [0.5, 0.6) is 0 Å². The molecule has 2 aromatic heterocycles. The van der Waals surface area contributed by atoms with Gasteiger partial charge in [-0.3, -0.25) is 0 Å². The summed E-state index contributed by atoms with van der Waals surface area (Å²) in [7, 11) is 0. The lowest BCUT2D eigenvalue weighted by Gasteiger charge is -2.12. The maximum absolute atomic E-state index is 5.84. The molecule has 2 aromatic rings. The highest BCUT2D eigenvalue weighted by Crippen LogP contribution is 2.24. The maximum Gasteiger partial charge on any atom is 0.126 e. The highest BCUT2D eigenvalue weighted by atomic mass is 32.1. The predicted molar refractivity (Wildman–Crippen MR) is 65.1 cm³/mol. The second kappa shape index (κ2) is 4.45. The lowest BCUT2D eigenvalue weighted by molar-refractivity contribution is 0.760. The third-order valence-corrected chi connectivity index (χ3v) is 3.26. The first-order chi connectivity index (χ1) is 7.27. The van der Waals surface area contributed by atoms with E-state index in [-0.39, 0.29) is 0 Å². The summed E-state index contributed by atoms with van der Waals surface area (Å²) in [5.41, 5.74) is 8.36. The average Bonchev–Trinajstić information content (AvgIpc) is 2.71. The number of aromatic nitrogens is 1. The van der Waals surface area contributed by atoms with Crippen molar-refractivity contribution in [1.29, 1.82) is 0 Å². The van der Waals surface area contributed by atoms with E-state index in [2.05, 4.69) is 34.8 Å². The zero-order chi connectivity index (χ0) is 10.7. The molecule has 0 aliphatic carbocycles. The van der Waals surface area contributed by atoms with Gasteiger partial charge in [0, 0.05) is 6.20 Å². The SMILES string of the molecule is C[C@H](Cc1ccsc1)c1cccnc1N. The molecule has 0 saturated heterocycles. The standard InChI is InChI=1S/C12H14N2S/c1-9(7-10-4-6-15-8-10)11-3-2-5-14-12(11)13/h2-6,8-9H,7H2,1H3,(H2,13,14)/t9-/m1/s1. The molecule has 2 N–H and O–H groups in total. The monoisotopic (exact) mass is 218 g/mol. The van der Waals surface area contributed by atoms with Crippen LogP contribution >= 0.6 is 11.3 Å². The molecule has 0 fully saturated rings. The summed E-state index contributed by atoms with van der Waals surface area (Å²) in [5, 5.41) is 4.29. The van der Waals surface area contributed by atoms with Crippen LogP contribution in [0.3, 0.4) is 0 Å². The Morgan fingerprint density at radius 2 is 2.33 bits per heavy atom. The van der Waals surface area contributed by atoms with Gasteiger partial charge in [-0.25, -0.2) is 4.98 Å². The van der Waals surface area contributed by atoms with Gasteiger partial charge in [0.15, 0.2) is 0 Å². The van der Waals surface area contributed by atoms with Crippen molar-refractivity contribution in [3.05, 3.63) is 46.3 Å². The molecular formula is C12H14N2S. The van der Waals surface area contributed by atoms with E-state index in [1.807, 2.05) is 6.07 Å². The van der Waals surface area contributed by atoms with Gasteiger partial charge in [-0.15, -0.1) is 0 Å². The highest BCUT2D eigenvalue weighted by molar-refractivity contribution is 7.07. The minimum absolute atomic E-state index is 0.424. The minimum atomic E-state index is 0.424. The minimum Gasteiger partial charge on any atom is -0.383 e. The number of anilines is 1. The predicted octanol–water partition coefficient (Wildman–Crippen LogP) is 3.07. The number of pyridine rings is 1. The fraction of sp³-hybridized carbons (Fsp3) is 0.250. The van der Waals surface area contributed by atoms with E-state index in [1.165, 1.54) is 5.56 Å². The normalized spacial score (nSPS) is 12.6. The summed E-state index contributed by atoms with van der Waals surface area (Å²) in [4.78, 5) is 4.11. The molecule has 0 aliphatic heterocycles. The van der Waals surface area contributed by atoms with Crippen LogP contribution in [0.2, 0.25) is 0 Å². The molecule has 1 atom stereocenters. The van der Waals surface area contributed by atoms with E-state index in [0.29, 0.717) is 11.7 Å². The van der Waals surface area contributed by atoms with E-state index in [1.54, 1.807) is 17.5 Å². The van der Waals surface area contributed by atoms with Gasteiger partial charge < -0.3 is 5.73 Å². The Balaban J connectivity index is 2.15. The molecule has 0 aromatic carbocycles. The Morgan fingerprint density at radius 3 is 3.00 bits per heavy atom. The van der Waals surface area contributed by atoms with Crippen LogP contribution in [0, 0.1) is 0 Å². The highest BCUT2D eigenvalue weighted by Gasteiger charge is 2.10. The van der Waals surface area contributed by atoms with Crippen molar-refractivity contribution in [2.75, 3.05) is 5.73 Å². The van der Waals surface area contributed by atoms with E-state index < -0.39 is 0 Å². The molecule has 0 aliphatic rings. The number of hydrogen-bond acceptors (Lipinski definition) is 3. The first-order valence-corrected chi connectivity index (χ1v) is 5.93. The molecule has 2 rings (SSSR count). The average molecular weight is 218 g/mol. The number of nitrogens with two attached hydrogens (primary N) is 1. The van der Waals surface area contributed by atoms with Gasteiger partial charge in [-0.05, 0) is 46.4 Å². The summed E-state index contributed by atoms with van der Waals surface area (Å²) < 4.78 is 0. The summed E-state index contributed by atoms with van der Waals surface area (Å²) in [6.07, 6.45) is 2.76.